The van der Waals surface area contributed by atoms with Crippen molar-refractivity contribution in [1.29, 1.82) is 0 Å². The van der Waals surface area contributed by atoms with Gasteiger partial charge in [0.2, 0.25) is 0 Å². The lowest BCUT2D eigenvalue weighted by Crippen LogP contribution is -2.31. The van der Waals surface area contributed by atoms with Crippen molar-refractivity contribution in [3.05, 3.63) is 105 Å². The zero-order chi connectivity index (χ0) is 21.3. The first-order chi connectivity index (χ1) is 14.4. The Hall–Kier alpha value is -2.60. The van der Waals surface area contributed by atoms with Crippen LogP contribution in [-0.4, -0.2) is 11.8 Å². The molecular weight excluding hydrogens is 444 g/mol. The average Bonchev–Trinajstić information content (AvgIpc) is 2.96. The number of thioether (sulfide) groups is 1. The van der Waals surface area contributed by atoms with Crippen LogP contribution in [0.4, 0.5) is 10.1 Å². The van der Waals surface area contributed by atoms with Gasteiger partial charge >= 0.3 is 0 Å². The molecule has 0 spiro atoms. The van der Waals surface area contributed by atoms with E-state index in [0.717, 1.165) is 10.5 Å². The molecule has 0 saturated carbocycles. The van der Waals surface area contributed by atoms with Crippen molar-refractivity contribution in [2.24, 2.45) is 0 Å². The van der Waals surface area contributed by atoms with E-state index in [1.54, 1.807) is 0 Å². The van der Waals surface area contributed by atoms with Gasteiger partial charge in [-0.05, 0) is 41.5 Å². The molecule has 3 aromatic carbocycles. The fourth-order valence-electron chi connectivity index (χ4n) is 3.15. The molecule has 0 aliphatic carbocycles. The van der Waals surface area contributed by atoms with Crippen molar-refractivity contribution in [2.45, 2.75) is 5.75 Å². The number of rotatable bonds is 5. The van der Waals surface area contributed by atoms with Crippen molar-refractivity contribution in [3.8, 4) is 0 Å². The predicted molar refractivity (Wildman–Crippen MR) is 120 cm³/mol. The minimum absolute atomic E-state index is 0.233. The fraction of sp³-hybridized carbons (Fsp3) is 0.0435. The number of hydrogen-bond donors (Lipinski definition) is 0. The Kier molecular flexibility index (Phi) is 5.95. The summed E-state index contributed by atoms with van der Waals surface area (Å²) >= 11 is 13.4. The van der Waals surface area contributed by atoms with Crippen LogP contribution in [0.3, 0.4) is 0 Å². The zero-order valence-corrected chi connectivity index (χ0v) is 17.8. The van der Waals surface area contributed by atoms with Gasteiger partial charge in [0, 0.05) is 15.8 Å². The van der Waals surface area contributed by atoms with Crippen LogP contribution in [0.1, 0.15) is 11.1 Å². The van der Waals surface area contributed by atoms with Crippen molar-refractivity contribution < 1.29 is 14.0 Å². The van der Waals surface area contributed by atoms with E-state index in [2.05, 4.69) is 0 Å². The van der Waals surface area contributed by atoms with Gasteiger partial charge in [-0.25, -0.2) is 9.29 Å². The molecular formula is C23H14Cl2FNO2S. The summed E-state index contributed by atoms with van der Waals surface area (Å²) in [7, 11) is 0. The Labute approximate surface area is 187 Å². The Morgan fingerprint density at radius 3 is 2.10 bits per heavy atom. The highest BCUT2D eigenvalue weighted by Crippen LogP contribution is 2.40. The molecule has 3 nitrogen and oxygen atoms in total. The van der Waals surface area contributed by atoms with Gasteiger partial charge in [-0.3, -0.25) is 9.59 Å². The van der Waals surface area contributed by atoms with Gasteiger partial charge < -0.3 is 0 Å². The highest BCUT2D eigenvalue weighted by molar-refractivity contribution is 8.03. The normalized spacial score (nSPS) is 14.0. The van der Waals surface area contributed by atoms with Crippen LogP contribution in [0.2, 0.25) is 10.0 Å². The third-order valence-corrected chi connectivity index (χ3v) is 6.09. The van der Waals surface area contributed by atoms with Gasteiger partial charge in [0.1, 0.15) is 5.82 Å². The lowest BCUT2D eigenvalue weighted by molar-refractivity contribution is -0.119. The second kappa shape index (κ2) is 8.64. The zero-order valence-electron chi connectivity index (χ0n) is 15.4. The number of amides is 2. The molecule has 4 rings (SSSR count). The summed E-state index contributed by atoms with van der Waals surface area (Å²) in [4.78, 5) is 27.9. The maximum Gasteiger partial charge on any atom is 0.272 e. The fourth-order valence-corrected chi connectivity index (χ4v) is 4.73. The van der Waals surface area contributed by atoms with Gasteiger partial charge in [-0.2, -0.15) is 0 Å². The summed E-state index contributed by atoms with van der Waals surface area (Å²) in [5.41, 5.74) is 2.01. The van der Waals surface area contributed by atoms with Crippen molar-refractivity contribution in [2.75, 3.05) is 4.90 Å². The standard InChI is InChI=1S/C23H14Cl2FNO2S/c24-16-10-17(25)12-19(11-16)27-22(28)20(15-6-8-18(26)9-7-15)21(23(27)29)30-13-14-4-2-1-3-5-14/h1-12H,13H2. The lowest BCUT2D eigenvalue weighted by atomic mass is 10.1. The highest BCUT2D eigenvalue weighted by Gasteiger charge is 2.40. The van der Waals surface area contributed by atoms with Crippen LogP contribution in [0.15, 0.2) is 77.7 Å². The summed E-state index contributed by atoms with van der Waals surface area (Å²) in [6, 6.07) is 19.7. The molecule has 0 aromatic heterocycles. The molecule has 150 valence electrons. The van der Waals surface area contributed by atoms with Gasteiger partial charge in [0.15, 0.2) is 0 Å². The quantitative estimate of drug-likeness (QED) is 0.418. The molecule has 1 aliphatic heterocycles. The molecule has 1 aliphatic rings. The molecule has 0 unspecified atom stereocenters. The third kappa shape index (κ3) is 4.15. The molecule has 0 bridgehead atoms. The number of carbonyl (C=O) groups excluding carboxylic acids is 2. The number of carbonyl (C=O) groups is 2. The number of benzene rings is 3. The lowest BCUT2D eigenvalue weighted by Gasteiger charge is -2.16. The summed E-state index contributed by atoms with van der Waals surface area (Å²) in [5, 5.41) is 0.624. The Morgan fingerprint density at radius 2 is 1.47 bits per heavy atom. The Balaban J connectivity index is 1.76. The Morgan fingerprint density at radius 1 is 0.833 bits per heavy atom. The van der Waals surface area contributed by atoms with E-state index in [-0.39, 0.29) is 11.3 Å². The molecule has 3 aromatic rings. The van der Waals surface area contributed by atoms with Gasteiger partial charge in [-0.1, -0.05) is 65.7 Å². The average molecular weight is 458 g/mol. The second-order valence-corrected chi connectivity index (χ2v) is 8.42. The number of anilines is 1. The van der Waals surface area contributed by atoms with E-state index in [1.165, 1.54) is 54.2 Å². The van der Waals surface area contributed by atoms with Gasteiger partial charge in [0.25, 0.3) is 11.8 Å². The van der Waals surface area contributed by atoms with Crippen molar-refractivity contribution in [1.82, 2.24) is 0 Å². The molecule has 0 atom stereocenters. The van der Waals surface area contributed by atoms with Gasteiger partial charge in [0.05, 0.1) is 16.2 Å². The summed E-state index contributed by atoms with van der Waals surface area (Å²) in [5.74, 6) is -0.878. The maximum atomic E-state index is 13.4. The predicted octanol–water partition coefficient (Wildman–Crippen LogP) is 6.35. The number of nitrogens with zero attached hydrogens (tertiary/aromatic N) is 1. The monoisotopic (exact) mass is 457 g/mol. The molecule has 0 fully saturated rings. The van der Waals surface area contributed by atoms with E-state index in [9.17, 15) is 14.0 Å². The Bertz CT molecular complexity index is 1140. The molecule has 0 N–H and O–H groups in total. The topological polar surface area (TPSA) is 37.4 Å². The van der Waals surface area contributed by atoms with E-state index in [0.29, 0.717) is 26.3 Å². The van der Waals surface area contributed by atoms with Crippen molar-refractivity contribution in [3.63, 3.8) is 0 Å². The number of halogens is 3. The summed E-state index contributed by atoms with van der Waals surface area (Å²) in [6.07, 6.45) is 0. The van der Waals surface area contributed by atoms with Gasteiger partial charge in [-0.15, -0.1) is 11.8 Å². The highest BCUT2D eigenvalue weighted by atomic mass is 35.5. The van der Waals surface area contributed by atoms with E-state index in [4.69, 9.17) is 23.2 Å². The molecule has 30 heavy (non-hydrogen) atoms. The molecule has 2 amide bonds. The summed E-state index contributed by atoms with van der Waals surface area (Å²) < 4.78 is 13.4. The van der Waals surface area contributed by atoms with Crippen LogP contribution < -0.4 is 4.90 Å². The molecule has 0 saturated heterocycles. The largest absolute Gasteiger partial charge is 0.272 e. The van der Waals surface area contributed by atoms with Crippen LogP contribution in [0.25, 0.3) is 5.57 Å². The smallest absolute Gasteiger partial charge is 0.268 e. The number of imide groups is 1. The number of hydrogen-bond acceptors (Lipinski definition) is 3. The van der Waals surface area contributed by atoms with Crippen molar-refractivity contribution >= 4 is 58.0 Å². The summed E-state index contributed by atoms with van der Waals surface area (Å²) in [6.45, 7) is 0. The maximum absolute atomic E-state index is 13.4. The van der Waals surface area contributed by atoms with Crippen LogP contribution in [-0.2, 0) is 15.3 Å². The van der Waals surface area contributed by atoms with Crippen LogP contribution in [0, 0.1) is 5.82 Å². The molecule has 1 heterocycles. The first kappa shape index (κ1) is 20.7. The molecule has 0 radical (unpaired) electrons. The third-order valence-electron chi connectivity index (χ3n) is 4.51. The van der Waals surface area contributed by atoms with E-state index in [1.807, 2.05) is 30.3 Å². The van der Waals surface area contributed by atoms with E-state index >= 15 is 0 Å². The van der Waals surface area contributed by atoms with E-state index < -0.39 is 17.6 Å². The second-order valence-electron chi connectivity index (χ2n) is 6.56. The minimum Gasteiger partial charge on any atom is -0.268 e. The SMILES string of the molecule is O=C1C(SCc2ccccc2)=C(c2ccc(F)cc2)C(=O)N1c1cc(Cl)cc(Cl)c1. The molecule has 7 heteroatoms. The van der Waals surface area contributed by atoms with Crippen LogP contribution >= 0.6 is 35.0 Å². The van der Waals surface area contributed by atoms with Crippen LogP contribution in [0.5, 0.6) is 0 Å². The first-order valence-electron chi connectivity index (χ1n) is 8.96. The minimum atomic E-state index is -0.500. The first-order valence-corrected chi connectivity index (χ1v) is 10.7.